The van der Waals surface area contributed by atoms with E-state index in [1.807, 2.05) is 0 Å². The van der Waals surface area contributed by atoms with E-state index in [9.17, 15) is 9.59 Å². The van der Waals surface area contributed by atoms with Crippen LogP contribution < -0.4 is 5.32 Å². The Morgan fingerprint density at radius 3 is 2.44 bits per heavy atom. The molecule has 0 spiro atoms. The van der Waals surface area contributed by atoms with Gasteiger partial charge in [0.25, 0.3) is 6.47 Å². The monoisotopic (exact) mass is 347 g/mol. The number of fused-ring (bicyclic) bond motifs is 5. The lowest BCUT2D eigenvalue weighted by Crippen LogP contribution is -2.55. The van der Waals surface area contributed by atoms with Crippen molar-refractivity contribution in [3.05, 3.63) is 0 Å². The van der Waals surface area contributed by atoms with E-state index in [-0.39, 0.29) is 6.10 Å². The van der Waals surface area contributed by atoms with E-state index < -0.39 is 0 Å². The fourth-order valence-corrected chi connectivity index (χ4v) is 7.78. The van der Waals surface area contributed by atoms with Gasteiger partial charge < -0.3 is 10.1 Å². The van der Waals surface area contributed by atoms with Gasteiger partial charge in [-0.05, 0) is 92.3 Å². The first-order valence-corrected chi connectivity index (χ1v) is 10.3. The van der Waals surface area contributed by atoms with Crippen LogP contribution in [0.4, 0.5) is 0 Å². The zero-order chi connectivity index (χ0) is 17.7. The van der Waals surface area contributed by atoms with Crippen LogP contribution in [0.25, 0.3) is 0 Å². The minimum atomic E-state index is 0.147. The molecule has 4 fully saturated rings. The predicted octanol–water partition coefficient (Wildman–Crippen LogP) is 3.69. The Morgan fingerprint density at radius 1 is 0.920 bits per heavy atom. The molecule has 0 radical (unpaired) electrons. The highest BCUT2D eigenvalue weighted by molar-refractivity contribution is 5.47. The van der Waals surface area contributed by atoms with E-state index in [2.05, 4.69) is 19.2 Å². The van der Waals surface area contributed by atoms with Gasteiger partial charge in [0, 0.05) is 6.04 Å². The van der Waals surface area contributed by atoms with Crippen molar-refractivity contribution in [2.45, 2.75) is 83.8 Å². The largest absolute Gasteiger partial charge is 0.465 e. The Balaban J connectivity index is 1.54. The van der Waals surface area contributed by atoms with E-state index in [0.717, 1.165) is 43.4 Å². The molecule has 4 rings (SSSR count). The summed E-state index contributed by atoms with van der Waals surface area (Å²) in [6.07, 6.45) is 12.0. The molecule has 4 aliphatic rings. The van der Waals surface area contributed by atoms with E-state index in [0.29, 0.717) is 29.3 Å². The van der Waals surface area contributed by atoms with Crippen LogP contribution in [0.5, 0.6) is 0 Å². The highest BCUT2D eigenvalue weighted by Gasteiger charge is 2.60. The number of ether oxygens (including phenoxy) is 1. The molecule has 0 aromatic rings. The molecule has 4 heteroatoms. The normalized spacial score (nSPS) is 51.6. The molecular formula is C21H33NO3. The lowest BCUT2D eigenvalue weighted by atomic mass is 9.45. The molecule has 0 unspecified atom stereocenters. The number of hydrogen-bond donors (Lipinski definition) is 1. The maximum Gasteiger partial charge on any atom is 0.293 e. The minimum Gasteiger partial charge on any atom is -0.465 e. The number of carbonyl (C=O) groups excluding carboxylic acids is 2. The standard InChI is InChI=1S/C21H33NO3/c1-20-9-7-15(25-13-24)11-14(20)3-4-16-17-5-6-19(22-12-23)21(17,2)10-8-18(16)20/h12-19H,3-11H2,1-2H3,(H,22,23)/t14-,15-,16-,17-,18-,19-,20-,21+/m1/s1. The van der Waals surface area contributed by atoms with Gasteiger partial charge in [0.2, 0.25) is 6.41 Å². The fourth-order valence-electron chi connectivity index (χ4n) is 7.78. The highest BCUT2D eigenvalue weighted by atomic mass is 16.5. The zero-order valence-corrected chi connectivity index (χ0v) is 15.7. The number of carbonyl (C=O) groups is 2. The van der Waals surface area contributed by atoms with Crippen LogP contribution in [0.15, 0.2) is 0 Å². The second-order valence-electron chi connectivity index (χ2n) is 9.74. The Morgan fingerprint density at radius 2 is 1.68 bits per heavy atom. The smallest absolute Gasteiger partial charge is 0.293 e. The number of hydrogen-bond acceptors (Lipinski definition) is 3. The SMILES string of the molecule is C[C@]12CC[C@@H]3[C@H](CC[C@@H]4C[C@H](OC=O)CC[C@]43C)[C@H]1CC[C@H]2NC=O. The molecule has 0 heterocycles. The molecule has 8 atom stereocenters. The van der Waals surface area contributed by atoms with Crippen molar-refractivity contribution in [2.75, 3.05) is 0 Å². The van der Waals surface area contributed by atoms with Crippen LogP contribution in [0, 0.1) is 34.5 Å². The van der Waals surface area contributed by atoms with Crippen molar-refractivity contribution < 1.29 is 14.3 Å². The van der Waals surface area contributed by atoms with E-state index in [1.54, 1.807) is 0 Å². The topological polar surface area (TPSA) is 55.4 Å². The first kappa shape index (κ1) is 17.4. The van der Waals surface area contributed by atoms with Crippen molar-refractivity contribution >= 4 is 12.9 Å². The lowest BCUT2D eigenvalue weighted by molar-refractivity contribution is -0.149. The van der Waals surface area contributed by atoms with E-state index >= 15 is 0 Å². The van der Waals surface area contributed by atoms with Gasteiger partial charge in [0.05, 0.1) is 0 Å². The van der Waals surface area contributed by atoms with Gasteiger partial charge >= 0.3 is 0 Å². The summed E-state index contributed by atoms with van der Waals surface area (Å²) in [6.45, 7) is 5.61. The van der Waals surface area contributed by atoms with Gasteiger partial charge in [-0.15, -0.1) is 0 Å². The Kier molecular flexibility index (Phi) is 4.36. The predicted molar refractivity (Wildman–Crippen MR) is 95.7 cm³/mol. The molecule has 1 amide bonds. The van der Waals surface area contributed by atoms with Gasteiger partial charge in [-0.2, -0.15) is 0 Å². The molecule has 25 heavy (non-hydrogen) atoms. The summed E-state index contributed by atoms with van der Waals surface area (Å²) in [5.74, 6) is 3.12. The second-order valence-corrected chi connectivity index (χ2v) is 9.74. The van der Waals surface area contributed by atoms with Crippen molar-refractivity contribution in [1.82, 2.24) is 5.32 Å². The van der Waals surface area contributed by atoms with Crippen LogP contribution in [0.2, 0.25) is 0 Å². The zero-order valence-electron chi connectivity index (χ0n) is 15.7. The summed E-state index contributed by atoms with van der Waals surface area (Å²) in [5, 5.41) is 3.14. The van der Waals surface area contributed by atoms with Crippen LogP contribution in [-0.4, -0.2) is 25.0 Å². The Hall–Kier alpha value is -1.06. The second kappa shape index (κ2) is 6.28. The summed E-state index contributed by atoms with van der Waals surface area (Å²) >= 11 is 0. The molecule has 4 saturated carbocycles. The van der Waals surface area contributed by atoms with Gasteiger partial charge in [-0.1, -0.05) is 13.8 Å². The van der Waals surface area contributed by atoms with Crippen LogP contribution in [0.3, 0.4) is 0 Å². The molecule has 0 bridgehead atoms. The fraction of sp³-hybridized carbons (Fsp3) is 0.905. The summed E-state index contributed by atoms with van der Waals surface area (Å²) in [4.78, 5) is 21.8. The maximum atomic E-state index is 11.0. The third-order valence-electron chi connectivity index (χ3n) is 9.13. The minimum absolute atomic E-state index is 0.147. The summed E-state index contributed by atoms with van der Waals surface area (Å²) in [6, 6.07) is 0.373. The molecule has 0 aliphatic heterocycles. The molecule has 4 nitrogen and oxygen atoms in total. The first-order chi connectivity index (χ1) is 12.0. The maximum absolute atomic E-state index is 11.0. The quantitative estimate of drug-likeness (QED) is 0.789. The third kappa shape index (κ3) is 2.54. The molecule has 0 aromatic heterocycles. The van der Waals surface area contributed by atoms with Crippen molar-refractivity contribution in [2.24, 2.45) is 34.5 Å². The number of rotatable bonds is 4. The van der Waals surface area contributed by atoms with Crippen LogP contribution >= 0.6 is 0 Å². The lowest BCUT2D eigenvalue weighted by Gasteiger charge is -2.61. The van der Waals surface area contributed by atoms with E-state index in [1.165, 1.54) is 38.5 Å². The van der Waals surface area contributed by atoms with Crippen LogP contribution in [0.1, 0.15) is 71.6 Å². The summed E-state index contributed by atoms with van der Waals surface area (Å²) in [5.41, 5.74) is 0.715. The third-order valence-corrected chi connectivity index (χ3v) is 9.13. The van der Waals surface area contributed by atoms with Crippen molar-refractivity contribution in [3.63, 3.8) is 0 Å². The molecule has 1 N–H and O–H groups in total. The summed E-state index contributed by atoms with van der Waals surface area (Å²) in [7, 11) is 0. The Bertz CT molecular complexity index is 537. The Labute approximate surface area is 151 Å². The van der Waals surface area contributed by atoms with Gasteiger partial charge in [-0.25, -0.2) is 0 Å². The van der Waals surface area contributed by atoms with E-state index in [4.69, 9.17) is 4.74 Å². The molecule has 4 aliphatic carbocycles. The van der Waals surface area contributed by atoms with Gasteiger partial charge in [-0.3, -0.25) is 9.59 Å². The molecule has 0 saturated heterocycles. The van der Waals surface area contributed by atoms with Crippen molar-refractivity contribution in [3.8, 4) is 0 Å². The van der Waals surface area contributed by atoms with Gasteiger partial charge in [0.15, 0.2) is 0 Å². The molecular weight excluding hydrogens is 314 g/mol. The van der Waals surface area contributed by atoms with Crippen LogP contribution in [-0.2, 0) is 14.3 Å². The number of nitrogens with one attached hydrogen (secondary N) is 1. The van der Waals surface area contributed by atoms with Gasteiger partial charge in [0.1, 0.15) is 6.10 Å². The highest BCUT2D eigenvalue weighted by Crippen LogP contribution is 2.66. The summed E-state index contributed by atoms with van der Waals surface area (Å²) < 4.78 is 5.32. The first-order valence-electron chi connectivity index (χ1n) is 10.3. The molecule has 140 valence electrons. The average molecular weight is 347 g/mol. The van der Waals surface area contributed by atoms with Crippen molar-refractivity contribution in [1.29, 1.82) is 0 Å². The number of amides is 1. The average Bonchev–Trinajstić information content (AvgIpc) is 2.93. The molecule has 0 aromatic carbocycles.